The van der Waals surface area contributed by atoms with E-state index in [0.29, 0.717) is 12.1 Å². The molecule has 0 atom stereocenters. The SMILES string of the molecule is CCCCCCCC/C=C/CCCCCCCC(=O)c1nc(-c2ccccn2)co1. The first-order chi connectivity index (χ1) is 14.8. The fraction of sp³-hybridized carbons (Fsp3) is 0.577. The lowest BCUT2D eigenvalue weighted by Gasteiger charge is -2.00. The normalized spacial score (nSPS) is 11.4. The van der Waals surface area contributed by atoms with E-state index in [-0.39, 0.29) is 11.7 Å². The molecule has 4 heteroatoms. The van der Waals surface area contributed by atoms with Crippen LogP contribution < -0.4 is 0 Å². The summed E-state index contributed by atoms with van der Waals surface area (Å²) in [4.78, 5) is 20.7. The van der Waals surface area contributed by atoms with Crippen molar-refractivity contribution in [2.45, 2.75) is 96.8 Å². The largest absolute Gasteiger partial charge is 0.442 e. The van der Waals surface area contributed by atoms with Gasteiger partial charge in [0.15, 0.2) is 0 Å². The van der Waals surface area contributed by atoms with Crippen LogP contribution in [0.3, 0.4) is 0 Å². The van der Waals surface area contributed by atoms with Gasteiger partial charge in [0.2, 0.25) is 5.78 Å². The zero-order chi connectivity index (χ0) is 21.3. The van der Waals surface area contributed by atoms with Crippen LogP contribution in [0.25, 0.3) is 11.4 Å². The van der Waals surface area contributed by atoms with Crippen molar-refractivity contribution < 1.29 is 9.21 Å². The number of pyridine rings is 1. The van der Waals surface area contributed by atoms with Crippen LogP contribution >= 0.6 is 0 Å². The number of carbonyl (C=O) groups is 1. The Balaban J connectivity index is 1.45. The molecule has 2 rings (SSSR count). The Morgan fingerprint density at radius 2 is 1.53 bits per heavy atom. The Morgan fingerprint density at radius 1 is 0.867 bits per heavy atom. The molecule has 0 N–H and O–H groups in total. The average molecular weight is 411 g/mol. The van der Waals surface area contributed by atoms with Crippen LogP contribution in [0.4, 0.5) is 0 Å². The summed E-state index contributed by atoms with van der Waals surface area (Å²) in [6.45, 7) is 2.26. The number of oxazole rings is 1. The maximum atomic E-state index is 12.2. The summed E-state index contributed by atoms with van der Waals surface area (Å²) < 4.78 is 5.35. The van der Waals surface area contributed by atoms with Gasteiger partial charge in [-0.05, 0) is 44.2 Å². The van der Waals surface area contributed by atoms with Gasteiger partial charge < -0.3 is 4.42 Å². The minimum Gasteiger partial charge on any atom is -0.442 e. The van der Waals surface area contributed by atoms with E-state index in [1.807, 2.05) is 18.2 Å². The van der Waals surface area contributed by atoms with Crippen molar-refractivity contribution in [3.05, 3.63) is 48.7 Å². The van der Waals surface area contributed by atoms with Crippen LogP contribution in [0, 0.1) is 0 Å². The molecule has 0 aliphatic carbocycles. The number of hydrogen-bond acceptors (Lipinski definition) is 4. The molecule has 0 aromatic carbocycles. The lowest BCUT2D eigenvalue weighted by Crippen LogP contribution is -1.99. The second kappa shape index (κ2) is 15.6. The monoisotopic (exact) mass is 410 g/mol. The molecular formula is C26H38N2O2. The number of carbonyl (C=O) groups excluding carboxylic acids is 1. The molecule has 0 saturated carbocycles. The van der Waals surface area contributed by atoms with Crippen LogP contribution in [0.5, 0.6) is 0 Å². The summed E-state index contributed by atoms with van der Waals surface area (Å²) in [5.41, 5.74) is 1.34. The van der Waals surface area contributed by atoms with E-state index in [2.05, 4.69) is 29.0 Å². The van der Waals surface area contributed by atoms with E-state index in [0.717, 1.165) is 18.5 Å². The highest BCUT2D eigenvalue weighted by atomic mass is 16.3. The van der Waals surface area contributed by atoms with Crippen LogP contribution in [-0.2, 0) is 0 Å². The van der Waals surface area contributed by atoms with Crippen molar-refractivity contribution in [3.63, 3.8) is 0 Å². The zero-order valence-electron chi connectivity index (χ0n) is 18.7. The van der Waals surface area contributed by atoms with Crippen molar-refractivity contribution in [2.24, 2.45) is 0 Å². The topological polar surface area (TPSA) is 56.0 Å². The van der Waals surface area contributed by atoms with Gasteiger partial charge in [-0.2, -0.15) is 0 Å². The predicted octanol–water partition coefficient (Wildman–Crippen LogP) is 7.96. The first-order valence-corrected chi connectivity index (χ1v) is 11.9. The summed E-state index contributed by atoms with van der Waals surface area (Å²) in [7, 11) is 0. The number of hydrogen-bond donors (Lipinski definition) is 0. The predicted molar refractivity (Wildman–Crippen MR) is 124 cm³/mol. The van der Waals surface area contributed by atoms with Crippen molar-refractivity contribution >= 4 is 5.78 Å². The third-order valence-corrected chi connectivity index (χ3v) is 5.34. The quantitative estimate of drug-likeness (QED) is 0.151. The molecule has 2 heterocycles. The van der Waals surface area contributed by atoms with E-state index in [4.69, 9.17) is 4.42 Å². The number of ketones is 1. The molecule has 30 heavy (non-hydrogen) atoms. The van der Waals surface area contributed by atoms with Gasteiger partial charge in [0.25, 0.3) is 5.89 Å². The smallest absolute Gasteiger partial charge is 0.263 e. The molecule has 0 amide bonds. The molecule has 2 aromatic rings. The number of Topliss-reactive ketones (excluding diaryl/α,β-unsaturated/α-hetero) is 1. The number of unbranched alkanes of at least 4 members (excludes halogenated alkanes) is 11. The Kier molecular flexibility index (Phi) is 12.5. The van der Waals surface area contributed by atoms with Gasteiger partial charge in [-0.3, -0.25) is 9.78 Å². The Labute approximate surface area is 182 Å². The number of allylic oxidation sites excluding steroid dienone is 2. The summed E-state index contributed by atoms with van der Waals surface area (Å²) in [5, 5.41) is 0. The highest BCUT2D eigenvalue weighted by Gasteiger charge is 2.14. The second-order valence-corrected chi connectivity index (χ2v) is 8.01. The Hall–Kier alpha value is -2.23. The third-order valence-electron chi connectivity index (χ3n) is 5.34. The number of rotatable bonds is 17. The summed E-state index contributed by atoms with van der Waals surface area (Å²) in [6, 6.07) is 5.60. The molecule has 0 unspecified atom stereocenters. The summed E-state index contributed by atoms with van der Waals surface area (Å²) >= 11 is 0. The summed E-state index contributed by atoms with van der Waals surface area (Å²) in [5.74, 6) is 0.181. The van der Waals surface area contributed by atoms with Gasteiger partial charge in [0.05, 0.1) is 5.69 Å². The molecule has 0 aliphatic rings. The second-order valence-electron chi connectivity index (χ2n) is 8.01. The van der Waals surface area contributed by atoms with Gasteiger partial charge in [-0.25, -0.2) is 4.98 Å². The standard InChI is InChI=1S/C26H38N2O2/c1-2-3-4-5-6-7-8-9-10-11-12-13-14-15-16-20-25(29)26-28-24(22-30-26)23-19-17-18-21-27-23/h9-10,17-19,21-22H,2-8,11-16,20H2,1H3/b10-9+. The Morgan fingerprint density at radius 3 is 2.20 bits per heavy atom. The number of nitrogens with zero attached hydrogens (tertiary/aromatic N) is 2. The van der Waals surface area contributed by atoms with E-state index in [1.54, 1.807) is 6.20 Å². The fourth-order valence-electron chi connectivity index (χ4n) is 3.50. The van der Waals surface area contributed by atoms with Crippen LogP contribution in [-0.4, -0.2) is 15.8 Å². The van der Waals surface area contributed by atoms with Crippen LogP contribution in [0.15, 0.2) is 47.2 Å². The van der Waals surface area contributed by atoms with E-state index in [1.165, 1.54) is 76.9 Å². The highest BCUT2D eigenvalue weighted by Crippen LogP contribution is 2.17. The fourth-order valence-corrected chi connectivity index (χ4v) is 3.50. The first kappa shape index (κ1) is 24.0. The molecule has 0 spiro atoms. The molecule has 0 radical (unpaired) electrons. The molecule has 0 bridgehead atoms. The Bertz CT molecular complexity index is 722. The molecule has 2 aromatic heterocycles. The lowest BCUT2D eigenvalue weighted by molar-refractivity contribution is 0.0945. The molecule has 0 fully saturated rings. The van der Waals surface area contributed by atoms with E-state index >= 15 is 0 Å². The maximum absolute atomic E-state index is 12.2. The summed E-state index contributed by atoms with van der Waals surface area (Å²) in [6.07, 6.45) is 24.7. The number of aromatic nitrogens is 2. The van der Waals surface area contributed by atoms with E-state index in [9.17, 15) is 4.79 Å². The third kappa shape index (κ3) is 10.00. The first-order valence-electron chi connectivity index (χ1n) is 11.9. The van der Waals surface area contributed by atoms with Gasteiger partial charge in [0, 0.05) is 12.6 Å². The van der Waals surface area contributed by atoms with Crippen LogP contribution in [0.1, 0.15) is 108 Å². The highest BCUT2D eigenvalue weighted by molar-refractivity contribution is 5.92. The minimum absolute atomic E-state index is 0.0187. The molecule has 164 valence electrons. The molecule has 4 nitrogen and oxygen atoms in total. The van der Waals surface area contributed by atoms with Gasteiger partial charge >= 0.3 is 0 Å². The van der Waals surface area contributed by atoms with E-state index < -0.39 is 0 Å². The van der Waals surface area contributed by atoms with Gasteiger partial charge in [-0.15, -0.1) is 0 Å². The van der Waals surface area contributed by atoms with Crippen molar-refractivity contribution in [3.8, 4) is 11.4 Å². The lowest BCUT2D eigenvalue weighted by atomic mass is 10.1. The average Bonchev–Trinajstić information content (AvgIpc) is 3.27. The van der Waals surface area contributed by atoms with Crippen molar-refractivity contribution in [1.29, 1.82) is 0 Å². The van der Waals surface area contributed by atoms with Gasteiger partial charge in [-0.1, -0.05) is 76.5 Å². The maximum Gasteiger partial charge on any atom is 0.263 e. The van der Waals surface area contributed by atoms with Crippen LogP contribution in [0.2, 0.25) is 0 Å². The molecule has 0 aliphatic heterocycles. The molecule has 0 saturated heterocycles. The van der Waals surface area contributed by atoms with Crippen molar-refractivity contribution in [2.75, 3.05) is 0 Å². The van der Waals surface area contributed by atoms with Gasteiger partial charge in [0.1, 0.15) is 12.0 Å². The zero-order valence-corrected chi connectivity index (χ0v) is 18.7. The molecular weight excluding hydrogens is 372 g/mol. The minimum atomic E-state index is -0.0187. The van der Waals surface area contributed by atoms with Crippen molar-refractivity contribution in [1.82, 2.24) is 9.97 Å².